The molecule has 2 atom stereocenters. The van der Waals surface area contributed by atoms with Gasteiger partial charge in [0.05, 0.1) is 6.61 Å². The van der Waals surface area contributed by atoms with Crippen molar-refractivity contribution in [2.24, 2.45) is 5.92 Å². The van der Waals surface area contributed by atoms with Gasteiger partial charge in [0.15, 0.2) is 0 Å². The van der Waals surface area contributed by atoms with Crippen molar-refractivity contribution in [1.29, 1.82) is 0 Å². The minimum Gasteiger partial charge on any atom is -0.380 e. The van der Waals surface area contributed by atoms with Crippen molar-refractivity contribution in [3.63, 3.8) is 0 Å². The number of rotatable bonds is 6. The van der Waals surface area contributed by atoms with Crippen molar-refractivity contribution in [3.8, 4) is 0 Å². The Kier molecular flexibility index (Phi) is 6.75. The number of piperazine rings is 1. The van der Waals surface area contributed by atoms with Gasteiger partial charge in [0.2, 0.25) is 0 Å². The molecule has 0 spiro atoms. The molecule has 0 bridgehead atoms. The predicted molar refractivity (Wildman–Crippen MR) is 84.2 cm³/mol. The van der Waals surface area contributed by atoms with Gasteiger partial charge in [-0.15, -0.1) is 0 Å². The molecule has 2 rings (SSSR count). The van der Waals surface area contributed by atoms with Crippen molar-refractivity contribution in [3.05, 3.63) is 0 Å². The molecule has 2 saturated heterocycles. The summed E-state index contributed by atoms with van der Waals surface area (Å²) in [6.07, 6.45) is 2.38. The lowest BCUT2D eigenvalue weighted by molar-refractivity contribution is -0.0209. The topological polar surface area (TPSA) is 27.7 Å². The Bertz CT molecular complexity index is 264. The van der Waals surface area contributed by atoms with E-state index in [4.69, 9.17) is 4.74 Å². The van der Waals surface area contributed by atoms with Gasteiger partial charge in [-0.2, -0.15) is 0 Å². The van der Waals surface area contributed by atoms with E-state index in [1.54, 1.807) is 0 Å². The van der Waals surface area contributed by atoms with Crippen molar-refractivity contribution < 1.29 is 4.74 Å². The van der Waals surface area contributed by atoms with Gasteiger partial charge in [-0.1, -0.05) is 20.8 Å². The SMILES string of the molecule is CCCNC1CCOCC1N1CCN(CC(C)C)CC1. The molecule has 20 heavy (non-hydrogen) atoms. The predicted octanol–water partition coefficient (Wildman–Crippen LogP) is 1.42. The van der Waals surface area contributed by atoms with E-state index in [1.807, 2.05) is 0 Å². The molecule has 1 N–H and O–H groups in total. The van der Waals surface area contributed by atoms with Crippen LogP contribution in [0.1, 0.15) is 33.6 Å². The smallest absolute Gasteiger partial charge is 0.0637 e. The number of hydrogen-bond acceptors (Lipinski definition) is 4. The van der Waals surface area contributed by atoms with Crippen molar-refractivity contribution >= 4 is 0 Å². The van der Waals surface area contributed by atoms with E-state index in [1.165, 1.54) is 39.1 Å². The van der Waals surface area contributed by atoms with Gasteiger partial charge in [-0.25, -0.2) is 0 Å². The van der Waals surface area contributed by atoms with E-state index in [9.17, 15) is 0 Å². The first-order valence-corrected chi connectivity index (χ1v) is 8.48. The molecule has 2 heterocycles. The average molecular weight is 283 g/mol. The zero-order valence-corrected chi connectivity index (χ0v) is 13.6. The average Bonchev–Trinajstić information content (AvgIpc) is 2.46. The molecule has 0 amide bonds. The van der Waals surface area contributed by atoms with Crippen LogP contribution in [0.3, 0.4) is 0 Å². The van der Waals surface area contributed by atoms with Gasteiger partial charge in [-0.05, 0) is 25.3 Å². The Morgan fingerprint density at radius 1 is 1.20 bits per heavy atom. The first-order valence-electron chi connectivity index (χ1n) is 8.48. The van der Waals surface area contributed by atoms with Crippen LogP contribution in [0.15, 0.2) is 0 Å². The molecule has 0 aromatic rings. The largest absolute Gasteiger partial charge is 0.380 e. The fourth-order valence-electron chi connectivity index (χ4n) is 3.44. The summed E-state index contributed by atoms with van der Waals surface area (Å²) in [6, 6.07) is 1.21. The highest BCUT2D eigenvalue weighted by molar-refractivity contribution is 4.89. The van der Waals surface area contributed by atoms with E-state index in [0.717, 1.165) is 32.1 Å². The molecule has 2 fully saturated rings. The third kappa shape index (κ3) is 4.69. The Morgan fingerprint density at radius 2 is 1.95 bits per heavy atom. The van der Waals surface area contributed by atoms with E-state index in [-0.39, 0.29) is 0 Å². The van der Waals surface area contributed by atoms with Crippen LogP contribution in [-0.4, -0.2) is 74.4 Å². The van der Waals surface area contributed by atoms with Crippen LogP contribution in [0.25, 0.3) is 0 Å². The summed E-state index contributed by atoms with van der Waals surface area (Å²) in [5, 5.41) is 3.73. The van der Waals surface area contributed by atoms with Crippen molar-refractivity contribution in [2.75, 3.05) is 52.5 Å². The zero-order chi connectivity index (χ0) is 14.4. The lowest BCUT2D eigenvalue weighted by atomic mass is 10.0. The second-order valence-electron chi connectivity index (χ2n) is 6.72. The van der Waals surface area contributed by atoms with Crippen LogP contribution in [0, 0.1) is 5.92 Å². The minimum absolute atomic E-state index is 0.580. The third-order valence-electron chi connectivity index (χ3n) is 4.48. The molecule has 2 unspecified atom stereocenters. The van der Waals surface area contributed by atoms with Gasteiger partial charge in [-0.3, -0.25) is 4.90 Å². The number of nitrogens with one attached hydrogen (secondary N) is 1. The molecule has 4 nitrogen and oxygen atoms in total. The normalized spacial score (nSPS) is 30.0. The Hall–Kier alpha value is -0.160. The maximum atomic E-state index is 5.74. The van der Waals surface area contributed by atoms with Gasteiger partial charge in [0, 0.05) is 51.4 Å². The summed E-state index contributed by atoms with van der Waals surface area (Å²) in [6.45, 7) is 15.9. The highest BCUT2D eigenvalue weighted by Gasteiger charge is 2.32. The highest BCUT2D eigenvalue weighted by atomic mass is 16.5. The molecular formula is C16H33N3O. The maximum absolute atomic E-state index is 5.74. The van der Waals surface area contributed by atoms with E-state index < -0.39 is 0 Å². The molecule has 2 aliphatic rings. The van der Waals surface area contributed by atoms with Crippen LogP contribution in [0.2, 0.25) is 0 Å². The summed E-state index contributed by atoms with van der Waals surface area (Å²) < 4.78 is 5.74. The lowest BCUT2D eigenvalue weighted by Gasteiger charge is -2.44. The standard InChI is InChI=1S/C16H33N3O/c1-4-6-17-15-5-11-20-13-16(15)19-9-7-18(8-10-19)12-14(2)3/h14-17H,4-13H2,1-3H3. The van der Waals surface area contributed by atoms with Crippen LogP contribution < -0.4 is 5.32 Å². The molecule has 0 aromatic heterocycles. The molecule has 4 heteroatoms. The number of ether oxygens (including phenoxy) is 1. The third-order valence-corrected chi connectivity index (χ3v) is 4.48. The summed E-state index contributed by atoms with van der Waals surface area (Å²) in [4.78, 5) is 5.27. The molecule has 0 aliphatic carbocycles. The number of nitrogens with zero attached hydrogens (tertiary/aromatic N) is 2. The zero-order valence-electron chi connectivity index (χ0n) is 13.6. The quantitative estimate of drug-likeness (QED) is 0.798. The van der Waals surface area contributed by atoms with Gasteiger partial charge in [0.1, 0.15) is 0 Å². The maximum Gasteiger partial charge on any atom is 0.0637 e. The number of hydrogen-bond donors (Lipinski definition) is 1. The summed E-state index contributed by atoms with van der Waals surface area (Å²) in [5.74, 6) is 0.776. The molecule has 0 radical (unpaired) electrons. The van der Waals surface area contributed by atoms with Crippen LogP contribution in [0.4, 0.5) is 0 Å². The minimum atomic E-state index is 0.580. The molecule has 0 aromatic carbocycles. The van der Waals surface area contributed by atoms with E-state index in [2.05, 4.69) is 35.9 Å². The van der Waals surface area contributed by atoms with Crippen LogP contribution in [0.5, 0.6) is 0 Å². The van der Waals surface area contributed by atoms with Crippen molar-refractivity contribution in [2.45, 2.75) is 45.7 Å². The van der Waals surface area contributed by atoms with Gasteiger partial charge in [0.25, 0.3) is 0 Å². The molecule has 0 saturated carbocycles. The molecule has 118 valence electrons. The lowest BCUT2D eigenvalue weighted by Crippen LogP contribution is -2.60. The van der Waals surface area contributed by atoms with Crippen molar-refractivity contribution in [1.82, 2.24) is 15.1 Å². The van der Waals surface area contributed by atoms with E-state index in [0.29, 0.717) is 12.1 Å². The van der Waals surface area contributed by atoms with Gasteiger partial charge < -0.3 is 15.0 Å². The first-order chi connectivity index (χ1) is 9.70. The van der Waals surface area contributed by atoms with Crippen LogP contribution >= 0.6 is 0 Å². The molecule has 2 aliphatic heterocycles. The molecular weight excluding hydrogens is 250 g/mol. The highest BCUT2D eigenvalue weighted by Crippen LogP contribution is 2.17. The second kappa shape index (κ2) is 8.32. The second-order valence-corrected chi connectivity index (χ2v) is 6.72. The van der Waals surface area contributed by atoms with E-state index >= 15 is 0 Å². The first kappa shape index (κ1) is 16.2. The fourth-order valence-corrected chi connectivity index (χ4v) is 3.44. The summed E-state index contributed by atoms with van der Waals surface area (Å²) in [5.41, 5.74) is 0. The fraction of sp³-hybridized carbons (Fsp3) is 1.00. The Balaban J connectivity index is 1.80. The Labute approximate surface area is 124 Å². The van der Waals surface area contributed by atoms with Gasteiger partial charge >= 0.3 is 0 Å². The summed E-state index contributed by atoms with van der Waals surface area (Å²) >= 11 is 0. The Morgan fingerprint density at radius 3 is 2.60 bits per heavy atom. The monoisotopic (exact) mass is 283 g/mol. The summed E-state index contributed by atoms with van der Waals surface area (Å²) in [7, 11) is 0. The van der Waals surface area contributed by atoms with Crippen LogP contribution in [-0.2, 0) is 4.74 Å².